The Morgan fingerprint density at radius 2 is 1.98 bits per heavy atom. The molecule has 2 saturated heterocycles. The van der Waals surface area contributed by atoms with Crippen LogP contribution in [0.25, 0.3) is 16.7 Å². The number of halogens is 1. The van der Waals surface area contributed by atoms with Gasteiger partial charge in [0.15, 0.2) is 0 Å². The van der Waals surface area contributed by atoms with Crippen LogP contribution in [0.4, 0.5) is 10.2 Å². The highest BCUT2D eigenvalue weighted by atomic mass is 19.1. The van der Waals surface area contributed by atoms with Gasteiger partial charge >= 0.3 is 0 Å². The van der Waals surface area contributed by atoms with Crippen LogP contribution in [-0.2, 0) is 14.4 Å². The third-order valence-corrected chi connectivity index (χ3v) is 8.63. The Morgan fingerprint density at radius 3 is 2.70 bits per heavy atom. The number of hydrogen-bond acceptors (Lipinski definition) is 6. The number of pyridine rings is 1. The van der Waals surface area contributed by atoms with Crippen LogP contribution < -0.4 is 16.0 Å². The lowest BCUT2D eigenvalue weighted by atomic mass is 9.92. The van der Waals surface area contributed by atoms with E-state index >= 15 is 0 Å². The highest BCUT2D eigenvalue weighted by Gasteiger charge is 2.45. The normalized spacial score (nSPS) is 22.7. The van der Waals surface area contributed by atoms with Crippen molar-refractivity contribution in [2.24, 2.45) is 5.92 Å². The van der Waals surface area contributed by atoms with Gasteiger partial charge < -0.3 is 25.8 Å². The molecule has 0 radical (unpaired) electrons. The second-order valence-electron chi connectivity index (χ2n) is 12.1. The molecule has 3 aliphatic heterocycles. The van der Waals surface area contributed by atoms with Gasteiger partial charge in [0.25, 0.3) is 0 Å². The van der Waals surface area contributed by atoms with Gasteiger partial charge in [0.2, 0.25) is 17.7 Å². The molecular weight excluding hydrogens is 547 g/mol. The first-order valence-electron chi connectivity index (χ1n) is 15.1. The van der Waals surface area contributed by atoms with E-state index in [0.29, 0.717) is 25.2 Å². The van der Waals surface area contributed by atoms with Gasteiger partial charge in [0, 0.05) is 43.0 Å². The molecule has 0 spiro atoms. The molecule has 10 heteroatoms. The van der Waals surface area contributed by atoms with Crippen LogP contribution >= 0.6 is 0 Å². The van der Waals surface area contributed by atoms with E-state index in [1.807, 2.05) is 37.0 Å². The number of rotatable bonds is 7. The van der Waals surface area contributed by atoms with Gasteiger partial charge in [0.05, 0.1) is 12.1 Å². The molecule has 0 aliphatic carbocycles. The Morgan fingerprint density at radius 1 is 1.19 bits per heavy atom. The molecule has 1 aromatic carbocycles. The minimum absolute atomic E-state index is 0.00329. The average Bonchev–Trinajstić information content (AvgIpc) is 3.39. The Kier molecular flexibility index (Phi) is 8.96. The first-order chi connectivity index (χ1) is 20.6. The monoisotopic (exact) mass is 588 g/mol. The molecule has 0 saturated carbocycles. The van der Waals surface area contributed by atoms with E-state index in [0.717, 1.165) is 40.8 Å². The molecule has 2 unspecified atom stereocenters. The lowest BCUT2D eigenvalue weighted by Crippen LogP contribution is -2.61. The molecule has 5 rings (SSSR count). The molecule has 4 atom stereocenters. The van der Waals surface area contributed by atoms with E-state index in [1.165, 1.54) is 12.1 Å². The second-order valence-corrected chi connectivity index (χ2v) is 12.1. The number of aromatic nitrogens is 1. The van der Waals surface area contributed by atoms with Crippen molar-refractivity contribution >= 4 is 29.1 Å². The van der Waals surface area contributed by atoms with Crippen molar-refractivity contribution in [3.8, 4) is 11.1 Å². The predicted molar refractivity (Wildman–Crippen MR) is 165 cm³/mol. The van der Waals surface area contributed by atoms with Gasteiger partial charge in [-0.25, -0.2) is 9.37 Å². The zero-order chi connectivity index (χ0) is 30.8. The van der Waals surface area contributed by atoms with Gasteiger partial charge in [-0.1, -0.05) is 32.6 Å². The average molecular weight is 589 g/mol. The van der Waals surface area contributed by atoms with Gasteiger partial charge in [-0.15, -0.1) is 0 Å². The highest BCUT2D eigenvalue weighted by Crippen LogP contribution is 2.41. The number of nitrogens with zero attached hydrogens (tertiary/aromatic N) is 3. The van der Waals surface area contributed by atoms with Crippen molar-refractivity contribution in [1.82, 2.24) is 25.4 Å². The number of nitrogens with one attached hydrogen (secondary N) is 3. The van der Waals surface area contributed by atoms with Crippen molar-refractivity contribution in [1.29, 1.82) is 0 Å². The number of anilines is 1. The molecule has 3 N–H and O–H groups in total. The first kappa shape index (κ1) is 30.4. The summed E-state index contributed by atoms with van der Waals surface area (Å²) in [7, 11) is 1.69. The van der Waals surface area contributed by atoms with Crippen LogP contribution in [0.5, 0.6) is 0 Å². The number of carbonyl (C=O) groups excluding carboxylic acids is 3. The largest absolute Gasteiger partial charge is 0.341 e. The summed E-state index contributed by atoms with van der Waals surface area (Å²) in [6.45, 7) is 10.7. The molecule has 228 valence electrons. The van der Waals surface area contributed by atoms with Crippen molar-refractivity contribution in [3.05, 3.63) is 66.3 Å². The van der Waals surface area contributed by atoms with Crippen LogP contribution in [0.3, 0.4) is 0 Å². The number of benzene rings is 1. The fraction of sp³-hybridized carbons (Fsp3) is 0.455. The van der Waals surface area contributed by atoms with Crippen LogP contribution in [-0.4, -0.2) is 76.8 Å². The summed E-state index contributed by atoms with van der Waals surface area (Å²) in [5, 5.41) is 9.31. The number of allylic oxidation sites excluding steroid dienone is 2. The van der Waals surface area contributed by atoms with E-state index in [-0.39, 0.29) is 48.1 Å². The smallest absolute Gasteiger partial charge is 0.247 e. The topological polar surface area (TPSA) is 107 Å². The Labute approximate surface area is 252 Å². The summed E-state index contributed by atoms with van der Waals surface area (Å²) in [4.78, 5) is 48.6. The van der Waals surface area contributed by atoms with Gasteiger partial charge in [-0.2, -0.15) is 0 Å². The molecule has 1 aromatic heterocycles. The van der Waals surface area contributed by atoms with Gasteiger partial charge in [0.1, 0.15) is 17.7 Å². The maximum atomic E-state index is 14.3. The van der Waals surface area contributed by atoms with Crippen molar-refractivity contribution in [2.75, 3.05) is 25.5 Å². The third-order valence-electron chi connectivity index (χ3n) is 8.63. The van der Waals surface area contributed by atoms with E-state index in [4.69, 9.17) is 0 Å². The lowest BCUT2D eigenvalue weighted by Gasteiger charge is -2.40. The quantitative estimate of drug-likeness (QED) is 0.453. The van der Waals surface area contributed by atoms with Crippen LogP contribution in [0, 0.1) is 11.7 Å². The molecule has 3 amide bonds. The zero-order valence-corrected chi connectivity index (χ0v) is 25.3. The summed E-state index contributed by atoms with van der Waals surface area (Å²) in [6, 6.07) is 6.54. The van der Waals surface area contributed by atoms with Crippen LogP contribution in [0.1, 0.15) is 52.0 Å². The van der Waals surface area contributed by atoms with Crippen molar-refractivity contribution in [2.45, 2.75) is 70.6 Å². The predicted octanol–water partition coefficient (Wildman–Crippen LogP) is 3.94. The van der Waals surface area contributed by atoms with E-state index in [1.54, 1.807) is 31.1 Å². The number of hydrogen-bond donors (Lipinski definition) is 3. The third kappa shape index (κ3) is 6.34. The summed E-state index contributed by atoms with van der Waals surface area (Å²) >= 11 is 0. The second kappa shape index (κ2) is 12.7. The molecule has 9 nitrogen and oxygen atoms in total. The lowest BCUT2D eigenvalue weighted by molar-refractivity contribution is -0.143. The fourth-order valence-electron chi connectivity index (χ4n) is 6.31. The Balaban J connectivity index is 1.44. The van der Waals surface area contributed by atoms with E-state index in [2.05, 4.69) is 27.5 Å². The van der Waals surface area contributed by atoms with E-state index in [9.17, 15) is 18.8 Å². The van der Waals surface area contributed by atoms with Crippen LogP contribution in [0.2, 0.25) is 0 Å². The molecular formula is C33H41FN6O3. The fourth-order valence-corrected chi connectivity index (χ4v) is 6.31. The molecule has 43 heavy (non-hydrogen) atoms. The highest BCUT2D eigenvalue weighted by molar-refractivity contribution is 5.94. The number of carbonyl (C=O) groups is 3. The standard InChI is InChI=1S/C33H41FN6O3/c1-19(2)15-29(41)39-14-12-24-9-10-28(40(24)33(43)27(18-39)38-32(42)21(4)35-5)26-16-20(3)30-25(11-13-36-31(30)37-26)22-7-6-8-23(34)17-22/h6-8,11,13,16-17,19,21,24,27-28,35H,3,9-10,12,14-15,18H2,1-2,4-5H3,(H,36,37)(H,38,42)/t21?,24-,27?,28+/m1/s1. The minimum atomic E-state index is -0.875. The Hall–Kier alpha value is -4.05. The SMILES string of the molecule is C=C1C=C([C@@H]2CC[C@@H]3CCN(C(=O)CC(C)C)CC(NC(=O)C(C)NC)C(=O)N32)Nc2nccc(-c3cccc(F)c3)c21. The first-order valence-corrected chi connectivity index (χ1v) is 15.1. The molecule has 4 heterocycles. The summed E-state index contributed by atoms with van der Waals surface area (Å²) in [5.74, 6) is -0.0323. The number of likely N-dealkylation sites (N-methyl/N-ethyl adjacent to an activating group) is 1. The summed E-state index contributed by atoms with van der Waals surface area (Å²) in [5.41, 5.74) is 3.85. The zero-order valence-electron chi connectivity index (χ0n) is 25.3. The van der Waals surface area contributed by atoms with Crippen molar-refractivity contribution in [3.63, 3.8) is 0 Å². The molecule has 2 fully saturated rings. The van der Waals surface area contributed by atoms with E-state index < -0.39 is 12.1 Å². The van der Waals surface area contributed by atoms with Crippen LogP contribution in [0.15, 0.2) is 54.9 Å². The molecule has 2 aromatic rings. The summed E-state index contributed by atoms with van der Waals surface area (Å²) < 4.78 is 14.0. The molecule has 0 bridgehead atoms. The minimum Gasteiger partial charge on any atom is -0.341 e. The maximum Gasteiger partial charge on any atom is 0.247 e. The summed E-state index contributed by atoms with van der Waals surface area (Å²) in [6.07, 6.45) is 6.16. The van der Waals surface area contributed by atoms with Gasteiger partial charge in [-0.05, 0) is 80.1 Å². The number of amides is 3. The number of fused-ring (bicyclic) bond motifs is 2. The molecule has 3 aliphatic rings. The Bertz CT molecular complexity index is 1460. The maximum absolute atomic E-state index is 14.3. The van der Waals surface area contributed by atoms with Crippen molar-refractivity contribution < 1.29 is 18.8 Å². The van der Waals surface area contributed by atoms with Gasteiger partial charge in [-0.3, -0.25) is 14.4 Å².